The van der Waals surface area contributed by atoms with Crippen LogP contribution in [0.1, 0.15) is 5.56 Å². The molecule has 1 aromatic heterocycles. The van der Waals surface area contributed by atoms with Gasteiger partial charge in [-0.15, -0.1) is 0 Å². The first-order valence-corrected chi connectivity index (χ1v) is 7.01. The van der Waals surface area contributed by atoms with Crippen LogP contribution in [0.3, 0.4) is 0 Å². The number of benzene rings is 1. The molecule has 1 aliphatic rings. The lowest BCUT2D eigenvalue weighted by atomic mass is 10.1. The highest BCUT2D eigenvalue weighted by Gasteiger charge is 2.16. The van der Waals surface area contributed by atoms with E-state index in [0.29, 0.717) is 32.8 Å². The van der Waals surface area contributed by atoms with Crippen LogP contribution in [0.2, 0.25) is 0 Å². The van der Waals surface area contributed by atoms with Gasteiger partial charge in [0, 0.05) is 32.0 Å². The molecule has 6 nitrogen and oxygen atoms in total. The number of hydrogen-bond acceptors (Lipinski definition) is 3. The lowest BCUT2D eigenvalue weighted by molar-refractivity contribution is 0.0531. The minimum Gasteiger partial charge on any atom is -0.378 e. The van der Waals surface area contributed by atoms with Crippen molar-refractivity contribution in [2.24, 2.45) is 0 Å². The van der Waals surface area contributed by atoms with Gasteiger partial charge in [-0.1, -0.05) is 18.2 Å². The molecule has 21 heavy (non-hydrogen) atoms. The number of hydrogen-bond donors (Lipinski definition) is 1. The zero-order valence-electron chi connectivity index (χ0n) is 11.7. The van der Waals surface area contributed by atoms with Crippen LogP contribution < -0.4 is 5.32 Å². The van der Waals surface area contributed by atoms with Crippen LogP contribution in [0.15, 0.2) is 43.0 Å². The van der Waals surface area contributed by atoms with E-state index in [9.17, 15) is 4.79 Å². The summed E-state index contributed by atoms with van der Waals surface area (Å²) in [5.41, 5.74) is 2.08. The fourth-order valence-electron chi connectivity index (χ4n) is 2.36. The van der Waals surface area contributed by atoms with E-state index >= 15 is 0 Å². The van der Waals surface area contributed by atoms with Crippen molar-refractivity contribution in [1.82, 2.24) is 19.8 Å². The Balaban J connectivity index is 1.66. The highest BCUT2D eigenvalue weighted by molar-refractivity contribution is 5.74. The predicted molar refractivity (Wildman–Crippen MR) is 78.2 cm³/mol. The average molecular weight is 286 g/mol. The number of para-hydroxylation sites is 1. The molecule has 0 spiro atoms. The molecule has 2 aromatic rings. The van der Waals surface area contributed by atoms with Gasteiger partial charge < -0.3 is 19.5 Å². The van der Waals surface area contributed by atoms with E-state index < -0.39 is 0 Å². The van der Waals surface area contributed by atoms with Crippen LogP contribution in [0, 0.1) is 0 Å². The van der Waals surface area contributed by atoms with Crippen molar-refractivity contribution < 1.29 is 9.53 Å². The predicted octanol–water partition coefficient (Wildman–Crippen LogP) is 1.41. The maximum absolute atomic E-state index is 12.1. The number of nitrogens with zero attached hydrogens (tertiary/aromatic N) is 3. The lowest BCUT2D eigenvalue weighted by Crippen LogP contribution is -2.45. The zero-order chi connectivity index (χ0) is 14.5. The molecule has 2 heterocycles. The maximum atomic E-state index is 12.1. The minimum atomic E-state index is -0.0428. The van der Waals surface area contributed by atoms with Crippen LogP contribution >= 0.6 is 0 Å². The highest BCUT2D eigenvalue weighted by atomic mass is 16.5. The molecule has 1 saturated heterocycles. The molecule has 1 N–H and O–H groups in total. The number of amides is 2. The van der Waals surface area contributed by atoms with Crippen molar-refractivity contribution in [3.63, 3.8) is 0 Å². The fraction of sp³-hybridized carbons (Fsp3) is 0.333. The van der Waals surface area contributed by atoms with Gasteiger partial charge in [0.15, 0.2) is 0 Å². The second-order valence-corrected chi connectivity index (χ2v) is 4.86. The summed E-state index contributed by atoms with van der Waals surface area (Å²) < 4.78 is 7.19. The monoisotopic (exact) mass is 286 g/mol. The maximum Gasteiger partial charge on any atom is 0.317 e. The number of urea groups is 1. The van der Waals surface area contributed by atoms with Crippen LogP contribution in [-0.2, 0) is 11.3 Å². The van der Waals surface area contributed by atoms with Gasteiger partial charge in [-0.3, -0.25) is 0 Å². The van der Waals surface area contributed by atoms with E-state index in [4.69, 9.17) is 4.74 Å². The molecule has 0 aliphatic carbocycles. The normalized spacial score (nSPS) is 15.0. The van der Waals surface area contributed by atoms with Gasteiger partial charge in [-0.25, -0.2) is 9.78 Å². The molecule has 6 heteroatoms. The van der Waals surface area contributed by atoms with E-state index in [-0.39, 0.29) is 6.03 Å². The van der Waals surface area contributed by atoms with Crippen LogP contribution in [-0.4, -0.2) is 46.8 Å². The smallest absolute Gasteiger partial charge is 0.317 e. The summed E-state index contributed by atoms with van der Waals surface area (Å²) in [5, 5.41) is 2.97. The van der Waals surface area contributed by atoms with Crippen molar-refractivity contribution in [3.8, 4) is 5.69 Å². The Labute approximate surface area is 123 Å². The zero-order valence-corrected chi connectivity index (χ0v) is 11.7. The van der Waals surface area contributed by atoms with Gasteiger partial charge in [-0.05, 0) is 11.6 Å². The number of nitrogens with one attached hydrogen (secondary N) is 1. The number of aromatic nitrogens is 2. The first kappa shape index (κ1) is 13.6. The van der Waals surface area contributed by atoms with E-state index in [2.05, 4.69) is 10.3 Å². The molecule has 0 saturated carbocycles. The van der Waals surface area contributed by atoms with E-state index in [1.165, 1.54) is 0 Å². The largest absolute Gasteiger partial charge is 0.378 e. The Hall–Kier alpha value is -2.34. The fourth-order valence-corrected chi connectivity index (χ4v) is 2.36. The number of imidazole rings is 1. The number of carbonyl (C=O) groups is 1. The molecule has 0 radical (unpaired) electrons. The van der Waals surface area contributed by atoms with E-state index in [1.54, 1.807) is 17.4 Å². The summed E-state index contributed by atoms with van der Waals surface area (Å²) in [7, 11) is 0. The first-order valence-electron chi connectivity index (χ1n) is 7.01. The Morgan fingerprint density at radius 1 is 1.29 bits per heavy atom. The third-order valence-corrected chi connectivity index (χ3v) is 3.50. The quantitative estimate of drug-likeness (QED) is 0.928. The third kappa shape index (κ3) is 3.22. The minimum absolute atomic E-state index is 0.0428. The Kier molecular flexibility index (Phi) is 4.16. The molecule has 1 aliphatic heterocycles. The summed E-state index contributed by atoms with van der Waals surface area (Å²) in [6, 6.07) is 7.92. The Morgan fingerprint density at radius 2 is 2.10 bits per heavy atom. The van der Waals surface area contributed by atoms with Gasteiger partial charge in [-0.2, -0.15) is 0 Å². The number of carbonyl (C=O) groups excluding carboxylic acids is 1. The van der Waals surface area contributed by atoms with E-state index in [0.717, 1.165) is 11.3 Å². The number of ether oxygens (including phenoxy) is 1. The number of rotatable bonds is 3. The summed E-state index contributed by atoms with van der Waals surface area (Å²) in [6.45, 7) is 3.01. The molecule has 110 valence electrons. The summed E-state index contributed by atoms with van der Waals surface area (Å²) in [4.78, 5) is 18.0. The molecule has 0 unspecified atom stereocenters. The third-order valence-electron chi connectivity index (χ3n) is 3.50. The summed E-state index contributed by atoms with van der Waals surface area (Å²) in [6.07, 6.45) is 5.38. The Morgan fingerprint density at radius 3 is 2.86 bits per heavy atom. The highest BCUT2D eigenvalue weighted by Crippen LogP contribution is 2.14. The van der Waals surface area contributed by atoms with Crippen molar-refractivity contribution in [3.05, 3.63) is 48.5 Å². The topological polar surface area (TPSA) is 59.4 Å². The second-order valence-electron chi connectivity index (χ2n) is 4.86. The van der Waals surface area contributed by atoms with Gasteiger partial charge in [0.2, 0.25) is 0 Å². The van der Waals surface area contributed by atoms with E-state index in [1.807, 2.05) is 35.0 Å². The molecule has 0 bridgehead atoms. The first-order chi connectivity index (χ1) is 10.3. The van der Waals surface area contributed by atoms with Crippen molar-refractivity contribution in [1.29, 1.82) is 0 Å². The molecule has 1 fully saturated rings. The Bertz CT molecular complexity index is 591. The van der Waals surface area contributed by atoms with Crippen molar-refractivity contribution in [2.75, 3.05) is 26.3 Å². The van der Waals surface area contributed by atoms with Gasteiger partial charge in [0.25, 0.3) is 0 Å². The van der Waals surface area contributed by atoms with Crippen LogP contribution in [0.5, 0.6) is 0 Å². The lowest BCUT2D eigenvalue weighted by Gasteiger charge is -2.27. The second kappa shape index (κ2) is 6.41. The SMILES string of the molecule is O=C(NCc1ccccc1-n1ccnc1)N1CCOCC1. The summed E-state index contributed by atoms with van der Waals surface area (Å²) >= 11 is 0. The van der Waals surface area contributed by atoms with Crippen LogP contribution in [0.4, 0.5) is 4.79 Å². The van der Waals surface area contributed by atoms with Crippen LogP contribution in [0.25, 0.3) is 5.69 Å². The molecular formula is C15H18N4O2. The molecule has 3 rings (SSSR count). The molecule has 1 aromatic carbocycles. The van der Waals surface area contributed by atoms with Gasteiger partial charge in [0.1, 0.15) is 0 Å². The van der Waals surface area contributed by atoms with Gasteiger partial charge >= 0.3 is 6.03 Å². The average Bonchev–Trinajstić information content (AvgIpc) is 3.08. The molecular weight excluding hydrogens is 268 g/mol. The number of morpholine rings is 1. The van der Waals surface area contributed by atoms with Crippen molar-refractivity contribution >= 4 is 6.03 Å². The summed E-state index contributed by atoms with van der Waals surface area (Å²) in [5.74, 6) is 0. The molecule has 0 atom stereocenters. The molecule has 2 amide bonds. The standard InChI is InChI=1S/C15H18N4O2/c20-15(18-7-9-21-10-8-18)17-11-13-3-1-2-4-14(13)19-6-5-16-12-19/h1-6,12H,7-11H2,(H,17,20). The van der Waals surface area contributed by atoms with Crippen molar-refractivity contribution in [2.45, 2.75) is 6.54 Å². The van der Waals surface area contributed by atoms with Gasteiger partial charge in [0.05, 0.1) is 25.2 Å².